The number of nitro groups is 1. The Labute approximate surface area is 138 Å². The predicted octanol–water partition coefficient (Wildman–Crippen LogP) is 2.13. The summed E-state index contributed by atoms with van der Waals surface area (Å²) in [4.78, 5) is 39.0. The minimum atomic E-state index is -0.484. The molecule has 0 saturated carbocycles. The number of hydrogen-bond donors (Lipinski definition) is 0. The van der Waals surface area contributed by atoms with Crippen LogP contribution in [0.5, 0.6) is 0 Å². The highest BCUT2D eigenvalue weighted by Crippen LogP contribution is 2.27. The Balaban J connectivity index is 1.56. The maximum absolute atomic E-state index is 12.4. The molecule has 7 nitrogen and oxygen atoms in total. The summed E-state index contributed by atoms with van der Waals surface area (Å²) < 4.78 is 0. The minimum Gasteiger partial charge on any atom is -0.342 e. The van der Waals surface area contributed by atoms with E-state index in [0.29, 0.717) is 30.8 Å². The number of carbonyl (C=O) groups is 2. The lowest BCUT2D eigenvalue weighted by atomic mass is 9.95. The van der Waals surface area contributed by atoms with E-state index in [2.05, 4.69) is 0 Å². The lowest BCUT2D eigenvalue weighted by molar-refractivity contribution is -0.380. The van der Waals surface area contributed by atoms with Gasteiger partial charge in [-0.25, -0.2) is 0 Å². The number of carbonyl (C=O) groups excluding carboxylic acids is 2. The van der Waals surface area contributed by atoms with Gasteiger partial charge in [0.05, 0.1) is 9.80 Å². The number of hydrogen-bond acceptors (Lipinski definition) is 5. The van der Waals surface area contributed by atoms with Crippen molar-refractivity contribution in [3.8, 4) is 0 Å². The lowest BCUT2D eigenvalue weighted by Crippen LogP contribution is -2.43. The normalized spacial score (nSPS) is 19.1. The zero-order chi connectivity index (χ0) is 16.4. The van der Waals surface area contributed by atoms with Gasteiger partial charge in [-0.3, -0.25) is 19.7 Å². The molecule has 2 saturated heterocycles. The first kappa shape index (κ1) is 15.9. The van der Waals surface area contributed by atoms with E-state index in [1.807, 2.05) is 4.90 Å². The fourth-order valence-electron chi connectivity index (χ4n) is 3.22. The predicted molar refractivity (Wildman–Crippen MR) is 85.4 cm³/mol. The van der Waals surface area contributed by atoms with Gasteiger partial charge in [0.25, 0.3) is 5.91 Å². The van der Waals surface area contributed by atoms with Crippen LogP contribution in [0.1, 0.15) is 35.4 Å². The number of thiophene rings is 1. The van der Waals surface area contributed by atoms with Crippen LogP contribution >= 0.6 is 11.3 Å². The van der Waals surface area contributed by atoms with Crippen LogP contribution in [-0.2, 0) is 4.79 Å². The van der Waals surface area contributed by atoms with Crippen molar-refractivity contribution < 1.29 is 14.5 Å². The highest BCUT2D eigenvalue weighted by molar-refractivity contribution is 7.17. The smallest absolute Gasteiger partial charge is 0.324 e. The average molecular weight is 337 g/mol. The SMILES string of the molecule is O=C(c1ccc([N+](=O)[O-])s1)N1CCC(C(=O)N2CCCC2)CC1. The molecule has 0 atom stereocenters. The molecule has 1 aromatic heterocycles. The molecule has 0 unspecified atom stereocenters. The van der Waals surface area contributed by atoms with Gasteiger partial charge in [0, 0.05) is 38.2 Å². The van der Waals surface area contributed by atoms with Gasteiger partial charge in [-0.05, 0) is 31.7 Å². The summed E-state index contributed by atoms with van der Waals surface area (Å²) in [5, 5.41) is 10.7. The lowest BCUT2D eigenvalue weighted by Gasteiger charge is -2.32. The summed E-state index contributed by atoms with van der Waals surface area (Å²) in [5.74, 6) is 0.0614. The van der Waals surface area contributed by atoms with E-state index in [0.717, 1.165) is 37.3 Å². The van der Waals surface area contributed by atoms with Crippen molar-refractivity contribution in [3.63, 3.8) is 0 Å². The summed E-state index contributed by atoms with van der Waals surface area (Å²) in [6, 6.07) is 2.87. The molecule has 8 heteroatoms. The number of nitrogens with zero attached hydrogens (tertiary/aromatic N) is 3. The van der Waals surface area contributed by atoms with Crippen molar-refractivity contribution in [2.24, 2.45) is 5.92 Å². The van der Waals surface area contributed by atoms with Gasteiger partial charge < -0.3 is 9.80 Å². The van der Waals surface area contributed by atoms with Crippen LogP contribution in [0.4, 0.5) is 5.00 Å². The molecular formula is C15H19N3O4S. The fraction of sp³-hybridized carbons (Fsp3) is 0.600. The molecule has 0 N–H and O–H groups in total. The van der Waals surface area contributed by atoms with E-state index in [4.69, 9.17) is 0 Å². The maximum atomic E-state index is 12.4. The Bertz CT molecular complexity index is 616. The second kappa shape index (κ2) is 6.66. The second-order valence-corrected chi connectivity index (χ2v) is 7.06. The Morgan fingerprint density at radius 2 is 1.74 bits per heavy atom. The van der Waals surface area contributed by atoms with Gasteiger partial charge in [-0.2, -0.15) is 0 Å². The van der Waals surface area contributed by atoms with Gasteiger partial charge >= 0.3 is 5.00 Å². The molecule has 0 aliphatic carbocycles. The first-order valence-electron chi connectivity index (χ1n) is 7.88. The molecule has 3 rings (SSSR count). The van der Waals surface area contributed by atoms with E-state index in [9.17, 15) is 19.7 Å². The molecular weight excluding hydrogens is 318 g/mol. The third-order valence-electron chi connectivity index (χ3n) is 4.53. The Kier molecular flexibility index (Phi) is 4.61. The third kappa shape index (κ3) is 3.36. The average Bonchev–Trinajstić information content (AvgIpc) is 3.25. The number of rotatable bonds is 3. The van der Waals surface area contributed by atoms with Crippen molar-refractivity contribution in [2.45, 2.75) is 25.7 Å². The van der Waals surface area contributed by atoms with Crippen LogP contribution in [0, 0.1) is 16.0 Å². The van der Waals surface area contributed by atoms with Crippen LogP contribution in [0.2, 0.25) is 0 Å². The topological polar surface area (TPSA) is 83.8 Å². The van der Waals surface area contributed by atoms with Gasteiger partial charge in [-0.1, -0.05) is 11.3 Å². The van der Waals surface area contributed by atoms with Crippen molar-refractivity contribution in [1.82, 2.24) is 9.80 Å². The summed E-state index contributed by atoms with van der Waals surface area (Å²) in [5.41, 5.74) is 0. The number of piperidine rings is 1. The van der Waals surface area contributed by atoms with Gasteiger partial charge in [-0.15, -0.1) is 0 Å². The summed E-state index contributed by atoms with van der Waals surface area (Å²) >= 11 is 0.905. The molecule has 2 aliphatic heterocycles. The van der Waals surface area contributed by atoms with Crippen LogP contribution in [-0.4, -0.2) is 52.7 Å². The standard InChI is InChI=1S/C15H19N3O4S/c19-14(16-7-1-2-8-16)11-5-9-17(10-6-11)15(20)12-3-4-13(23-12)18(21)22/h3-4,11H,1-2,5-10H2. The summed E-state index contributed by atoms with van der Waals surface area (Å²) in [6.45, 7) is 2.79. The monoisotopic (exact) mass is 337 g/mol. The third-order valence-corrected chi connectivity index (χ3v) is 5.56. The number of likely N-dealkylation sites (tertiary alicyclic amines) is 2. The van der Waals surface area contributed by atoms with Crippen LogP contribution in [0.25, 0.3) is 0 Å². The first-order valence-corrected chi connectivity index (χ1v) is 8.70. The molecule has 124 valence electrons. The molecule has 0 radical (unpaired) electrons. The van der Waals surface area contributed by atoms with E-state index in [1.165, 1.54) is 12.1 Å². The first-order chi connectivity index (χ1) is 11.1. The fourth-order valence-corrected chi connectivity index (χ4v) is 4.01. The van der Waals surface area contributed by atoms with Crippen molar-refractivity contribution in [3.05, 3.63) is 27.1 Å². The van der Waals surface area contributed by atoms with Gasteiger partial charge in [0.15, 0.2) is 0 Å². The molecule has 3 heterocycles. The molecule has 23 heavy (non-hydrogen) atoms. The quantitative estimate of drug-likeness (QED) is 0.625. The van der Waals surface area contributed by atoms with Crippen LogP contribution < -0.4 is 0 Å². The second-order valence-electron chi connectivity index (χ2n) is 5.99. The zero-order valence-corrected chi connectivity index (χ0v) is 13.6. The minimum absolute atomic E-state index is 0.00909. The maximum Gasteiger partial charge on any atom is 0.324 e. The number of amides is 2. The molecule has 2 aliphatic rings. The van der Waals surface area contributed by atoms with Crippen molar-refractivity contribution in [2.75, 3.05) is 26.2 Å². The van der Waals surface area contributed by atoms with Crippen molar-refractivity contribution in [1.29, 1.82) is 0 Å². The van der Waals surface area contributed by atoms with Crippen LogP contribution in [0.15, 0.2) is 12.1 Å². The summed E-state index contributed by atoms with van der Waals surface area (Å²) in [7, 11) is 0. The highest BCUT2D eigenvalue weighted by atomic mass is 32.1. The summed E-state index contributed by atoms with van der Waals surface area (Å²) in [6.07, 6.45) is 3.52. The van der Waals surface area contributed by atoms with Gasteiger partial charge in [0.1, 0.15) is 0 Å². The Morgan fingerprint density at radius 3 is 2.30 bits per heavy atom. The molecule has 1 aromatic rings. The van der Waals surface area contributed by atoms with E-state index >= 15 is 0 Å². The van der Waals surface area contributed by atoms with Crippen molar-refractivity contribution >= 4 is 28.2 Å². The molecule has 2 amide bonds. The van der Waals surface area contributed by atoms with E-state index in [1.54, 1.807) is 4.90 Å². The molecule has 0 aromatic carbocycles. The highest BCUT2D eigenvalue weighted by Gasteiger charge is 2.32. The molecule has 0 bridgehead atoms. The Hall–Kier alpha value is -1.96. The zero-order valence-electron chi connectivity index (χ0n) is 12.8. The molecule has 0 spiro atoms. The van der Waals surface area contributed by atoms with Gasteiger partial charge in [0.2, 0.25) is 5.91 Å². The Morgan fingerprint density at radius 1 is 1.09 bits per heavy atom. The largest absolute Gasteiger partial charge is 0.342 e. The van der Waals surface area contributed by atoms with E-state index in [-0.39, 0.29) is 22.7 Å². The van der Waals surface area contributed by atoms with Crippen LogP contribution in [0.3, 0.4) is 0 Å². The molecule has 2 fully saturated rings. The van der Waals surface area contributed by atoms with E-state index < -0.39 is 4.92 Å².